The quantitative estimate of drug-likeness (QED) is 0.790. The van der Waals surface area contributed by atoms with Gasteiger partial charge in [0, 0.05) is 6.54 Å². The van der Waals surface area contributed by atoms with Crippen molar-refractivity contribution < 1.29 is 0 Å². The fourth-order valence-electron chi connectivity index (χ4n) is 1.65. The van der Waals surface area contributed by atoms with Gasteiger partial charge in [0.2, 0.25) is 0 Å². The van der Waals surface area contributed by atoms with Crippen LogP contribution in [0.15, 0.2) is 36.4 Å². The summed E-state index contributed by atoms with van der Waals surface area (Å²) in [5, 5.41) is 3.36. The summed E-state index contributed by atoms with van der Waals surface area (Å²) in [5.41, 5.74) is 1.30. The molecule has 1 nitrogen and oxygen atoms in total. The normalized spacial score (nSPS) is 21.0. The van der Waals surface area contributed by atoms with Gasteiger partial charge in [-0.3, -0.25) is 0 Å². The average molecular weight is 210 g/mol. The molecule has 0 aliphatic carbocycles. The first kappa shape index (κ1) is 11.3. The van der Waals surface area contributed by atoms with Gasteiger partial charge in [-0.05, 0) is 24.4 Å². The van der Waals surface area contributed by atoms with Crippen LogP contribution < -0.4 is 5.32 Å². The van der Waals surface area contributed by atoms with Gasteiger partial charge in [0.15, 0.2) is 0 Å². The molecular weight excluding hydrogens is 194 g/mol. The fraction of sp³-hybridized carbons (Fsp3) is 0.333. The summed E-state index contributed by atoms with van der Waals surface area (Å²) in [6.07, 6.45) is 5.82. The third-order valence-corrected chi connectivity index (χ3v) is 2.46. The Balaban J connectivity index is 0.000000980. The number of hydrogen-bond donors (Lipinski definition) is 1. The highest BCUT2D eigenvalue weighted by Gasteiger charge is 2.09. The molecule has 1 atom stereocenters. The van der Waals surface area contributed by atoms with E-state index < -0.39 is 0 Å². The number of rotatable bonds is 2. The van der Waals surface area contributed by atoms with Crippen LogP contribution in [0.2, 0.25) is 0 Å². The summed E-state index contributed by atoms with van der Waals surface area (Å²) >= 11 is 0. The Morgan fingerprint density at radius 3 is 2.64 bits per heavy atom. The summed E-state index contributed by atoms with van der Waals surface area (Å²) in [4.78, 5) is 0. The Bertz CT molecular complexity index is 276. The highest BCUT2D eigenvalue weighted by molar-refractivity contribution is 5.85. The van der Waals surface area contributed by atoms with E-state index in [1.807, 2.05) is 0 Å². The second-order valence-corrected chi connectivity index (χ2v) is 3.52. The molecule has 0 spiro atoms. The highest BCUT2D eigenvalue weighted by Crippen LogP contribution is 2.11. The Labute approximate surface area is 91.6 Å². The van der Waals surface area contributed by atoms with E-state index >= 15 is 0 Å². The first-order valence-corrected chi connectivity index (χ1v) is 4.89. The molecule has 1 aromatic rings. The van der Waals surface area contributed by atoms with Crippen molar-refractivity contribution in [1.29, 1.82) is 0 Å². The molecule has 14 heavy (non-hydrogen) atoms. The zero-order chi connectivity index (χ0) is 8.93. The third-order valence-electron chi connectivity index (χ3n) is 2.46. The zero-order valence-electron chi connectivity index (χ0n) is 8.15. The van der Waals surface area contributed by atoms with Gasteiger partial charge in [-0.25, -0.2) is 0 Å². The van der Waals surface area contributed by atoms with E-state index in [-0.39, 0.29) is 12.4 Å². The van der Waals surface area contributed by atoms with Crippen molar-refractivity contribution in [2.24, 2.45) is 5.92 Å². The van der Waals surface area contributed by atoms with Crippen LogP contribution in [-0.2, 0) is 0 Å². The van der Waals surface area contributed by atoms with Crippen LogP contribution in [0.5, 0.6) is 0 Å². The summed E-state index contributed by atoms with van der Waals surface area (Å²) in [6.45, 7) is 2.31. The fourth-order valence-corrected chi connectivity index (χ4v) is 1.65. The molecule has 1 heterocycles. The molecular formula is C12H16ClN. The summed E-state index contributed by atoms with van der Waals surface area (Å²) < 4.78 is 0. The molecule has 1 N–H and O–H groups in total. The topological polar surface area (TPSA) is 12.0 Å². The Morgan fingerprint density at radius 2 is 2.00 bits per heavy atom. The average Bonchev–Trinajstić information content (AvgIpc) is 2.69. The largest absolute Gasteiger partial charge is 0.316 e. The van der Waals surface area contributed by atoms with Crippen molar-refractivity contribution in [3.63, 3.8) is 0 Å². The number of hydrogen-bond acceptors (Lipinski definition) is 1. The van der Waals surface area contributed by atoms with E-state index in [0.717, 1.165) is 12.5 Å². The molecule has 0 amide bonds. The lowest BCUT2D eigenvalue weighted by atomic mass is 10.1. The van der Waals surface area contributed by atoms with Gasteiger partial charge in [0.1, 0.15) is 0 Å². The maximum absolute atomic E-state index is 3.36. The van der Waals surface area contributed by atoms with E-state index in [2.05, 4.69) is 47.8 Å². The lowest BCUT2D eigenvalue weighted by Crippen LogP contribution is -2.07. The molecule has 0 saturated carbocycles. The van der Waals surface area contributed by atoms with Gasteiger partial charge in [-0.2, -0.15) is 0 Å². The monoisotopic (exact) mass is 209 g/mol. The molecule has 0 aromatic heterocycles. The maximum atomic E-state index is 3.36. The van der Waals surface area contributed by atoms with E-state index in [1.165, 1.54) is 18.5 Å². The molecule has 1 aliphatic heterocycles. The minimum atomic E-state index is 0. The SMILES string of the molecule is C(=C\C1CCNC1)/c1ccccc1.Cl. The molecule has 2 heteroatoms. The summed E-state index contributed by atoms with van der Waals surface area (Å²) in [6, 6.07) is 10.5. The lowest BCUT2D eigenvalue weighted by molar-refractivity contribution is 0.731. The Hall–Kier alpha value is -0.790. The first-order chi connectivity index (χ1) is 6.45. The van der Waals surface area contributed by atoms with Crippen molar-refractivity contribution in [2.45, 2.75) is 6.42 Å². The predicted molar refractivity (Wildman–Crippen MR) is 63.7 cm³/mol. The van der Waals surface area contributed by atoms with Crippen LogP contribution in [-0.4, -0.2) is 13.1 Å². The van der Waals surface area contributed by atoms with Crippen LogP contribution in [0.3, 0.4) is 0 Å². The van der Waals surface area contributed by atoms with Gasteiger partial charge < -0.3 is 5.32 Å². The third kappa shape index (κ3) is 3.17. The van der Waals surface area contributed by atoms with Gasteiger partial charge in [-0.1, -0.05) is 42.5 Å². The minimum absolute atomic E-state index is 0. The van der Waals surface area contributed by atoms with Crippen LogP contribution in [0.1, 0.15) is 12.0 Å². The van der Waals surface area contributed by atoms with Gasteiger partial charge in [0.25, 0.3) is 0 Å². The van der Waals surface area contributed by atoms with E-state index in [4.69, 9.17) is 0 Å². The van der Waals surface area contributed by atoms with E-state index in [9.17, 15) is 0 Å². The predicted octanol–water partition coefficient (Wildman–Crippen LogP) is 2.73. The molecule has 2 rings (SSSR count). The van der Waals surface area contributed by atoms with Crippen molar-refractivity contribution in [3.05, 3.63) is 42.0 Å². The van der Waals surface area contributed by atoms with Crippen LogP contribution >= 0.6 is 12.4 Å². The standard InChI is InChI=1S/C12H15N.ClH/c1-2-4-11(5-3-1)6-7-12-8-9-13-10-12;/h1-7,12-13H,8-10H2;1H/b7-6+;. The molecule has 1 saturated heterocycles. The first-order valence-electron chi connectivity index (χ1n) is 4.89. The van der Waals surface area contributed by atoms with Gasteiger partial charge in [-0.15, -0.1) is 12.4 Å². The van der Waals surface area contributed by atoms with E-state index in [0.29, 0.717) is 0 Å². The number of benzene rings is 1. The second-order valence-electron chi connectivity index (χ2n) is 3.52. The minimum Gasteiger partial charge on any atom is -0.316 e. The molecule has 1 unspecified atom stereocenters. The molecule has 1 aromatic carbocycles. The van der Waals surface area contributed by atoms with Gasteiger partial charge >= 0.3 is 0 Å². The van der Waals surface area contributed by atoms with Crippen molar-refractivity contribution in [1.82, 2.24) is 5.32 Å². The smallest absolute Gasteiger partial charge is 0.00148 e. The van der Waals surface area contributed by atoms with Gasteiger partial charge in [0.05, 0.1) is 0 Å². The lowest BCUT2D eigenvalue weighted by Gasteiger charge is -1.98. The van der Waals surface area contributed by atoms with Crippen LogP contribution in [0.4, 0.5) is 0 Å². The van der Waals surface area contributed by atoms with E-state index in [1.54, 1.807) is 0 Å². The molecule has 0 bridgehead atoms. The number of halogens is 1. The molecule has 76 valence electrons. The Morgan fingerprint density at radius 1 is 1.21 bits per heavy atom. The Kier molecular flexibility index (Phi) is 4.71. The van der Waals surface area contributed by atoms with Crippen molar-refractivity contribution >= 4 is 18.5 Å². The van der Waals surface area contributed by atoms with Crippen molar-refractivity contribution in [3.8, 4) is 0 Å². The van der Waals surface area contributed by atoms with Crippen LogP contribution in [0, 0.1) is 5.92 Å². The molecule has 1 fully saturated rings. The number of nitrogens with one attached hydrogen (secondary N) is 1. The summed E-state index contributed by atoms with van der Waals surface area (Å²) in [5.74, 6) is 0.736. The maximum Gasteiger partial charge on any atom is 0.00148 e. The highest BCUT2D eigenvalue weighted by atomic mass is 35.5. The molecule has 0 radical (unpaired) electrons. The van der Waals surface area contributed by atoms with Crippen LogP contribution in [0.25, 0.3) is 6.08 Å². The zero-order valence-corrected chi connectivity index (χ0v) is 8.96. The molecule has 1 aliphatic rings. The summed E-state index contributed by atoms with van der Waals surface area (Å²) in [7, 11) is 0. The van der Waals surface area contributed by atoms with Crippen molar-refractivity contribution in [2.75, 3.05) is 13.1 Å². The second kappa shape index (κ2) is 5.84.